The van der Waals surface area contributed by atoms with E-state index >= 15 is 0 Å². The van der Waals surface area contributed by atoms with Crippen LogP contribution in [0.2, 0.25) is 0 Å². The highest BCUT2D eigenvalue weighted by atomic mass is 16.3. The van der Waals surface area contributed by atoms with Crippen molar-refractivity contribution in [2.45, 2.75) is 13.0 Å². The topological polar surface area (TPSA) is 75.3 Å². The number of benzene rings is 1. The fourth-order valence-electron chi connectivity index (χ4n) is 1.05. The van der Waals surface area contributed by atoms with Crippen molar-refractivity contribution in [1.29, 1.82) is 0 Å². The van der Waals surface area contributed by atoms with Crippen LogP contribution in [0, 0.1) is 0 Å². The van der Waals surface area contributed by atoms with Crippen LogP contribution in [0.5, 0.6) is 0 Å². The minimum Gasteiger partial charge on any atom is -0.392 e. The Labute approximate surface area is 82.7 Å². The highest BCUT2D eigenvalue weighted by Crippen LogP contribution is 2.09. The maximum atomic E-state index is 10.8. The van der Waals surface area contributed by atoms with Crippen molar-refractivity contribution in [3.8, 4) is 0 Å². The number of amides is 1. The maximum Gasteiger partial charge on any atom is 0.248 e. The van der Waals surface area contributed by atoms with Crippen LogP contribution in [0.1, 0.15) is 17.3 Å². The van der Waals surface area contributed by atoms with Crippen LogP contribution in [-0.4, -0.2) is 23.7 Å². The molecule has 4 nitrogen and oxygen atoms in total. The lowest BCUT2D eigenvalue weighted by Gasteiger charge is -2.08. The molecular weight excluding hydrogens is 180 g/mol. The Bertz CT molecular complexity index is 324. The molecule has 0 fully saturated rings. The van der Waals surface area contributed by atoms with Crippen molar-refractivity contribution in [3.05, 3.63) is 29.8 Å². The van der Waals surface area contributed by atoms with Crippen molar-refractivity contribution in [2.24, 2.45) is 5.73 Å². The molecule has 1 aromatic rings. The zero-order chi connectivity index (χ0) is 10.6. The molecule has 0 heterocycles. The summed E-state index contributed by atoms with van der Waals surface area (Å²) in [6, 6.07) is 6.86. The number of nitrogens with two attached hydrogens (primary N) is 1. The second-order valence-electron chi connectivity index (χ2n) is 3.17. The lowest BCUT2D eigenvalue weighted by Crippen LogP contribution is -2.16. The van der Waals surface area contributed by atoms with Crippen molar-refractivity contribution in [3.63, 3.8) is 0 Å². The van der Waals surface area contributed by atoms with E-state index in [1.54, 1.807) is 25.1 Å². The van der Waals surface area contributed by atoms with Crippen LogP contribution in [0.4, 0.5) is 5.69 Å². The van der Waals surface area contributed by atoms with Gasteiger partial charge in [0, 0.05) is 17.8 Å². The number of aliphatic hydroxyl groups is 1. The number of nitrogens with one attached hydrogen (secondary N) is 1. The fraction of sp³-hybridized carbons (Fsp3) is 0.300. The van der Waals surface area contributed by atoms with E-state index in [0.29, 0.717) is 12.1 Å². The third-order valence-corrected chi connectivity index (χ3v) is 1.75. The van der Waals surface area contributed by atoms with Crippen LogP contribution < -0.4 is 11.1 Å². The van der Waals surface area contributed by atoms with E-state index < -0.39 is 12.0 Å². The molecule has 1 atom stereocenters. The number of anilines is 1. The molecule has 1 amide bonds. The molecule has 0 unspecified atom stereocenters. The molecule has 0 radical (unpaired) electrons. The SMILES string of the molecule is C[C@H](O)CNc1cccc(C(N)=O)c1. The zero-order valence-corrected chi connectivity index (χ0v) is 8.03. The van der Waals surface area contributed by atoms with Crippen LogP contribution in [-0.2, 0) is 0 Å². The molecule has 4 N–H and O–H groups in total. The van der Waals surface area contributed by atoms with E-state index in [1.807, 2.05) is 6.07 Å². The summed E-state index contributed by atoms with van der Waals surface area (Å²) in [5.74, 6) is -0.453. The average molecular weight is 194 g/mol. The molecule has 0 saturated heterocycles. The third-order valence-electron chi connectivity index (χ3n) is 1.75. The Morgan fingerprint density at radius 3 is 2.93 bits per heavy atom. The second-order valence-corrected chi connectivity index (χ2v) is 3.17. The molecule has 0 spiro atoms. The summed E-state index contributed by atoms with van der Waals surface area (Å²) in [4.78, 5) is 10.8. The number of carbonyl (C=O) groups is 1. The van der Waals surface area contributed by atoms with Gasteiger partial charge in [-0.05, 0) is 25.1 Å². The lowest BCUT2D eigenvalue weighted by molar-refractivity contribution is 0.100. The molecule has 1 rings (SSSR count). The average Bonchev–Trinajstić information content (AvgIpc) is 2.15. The molecule has 1 aromatic carbocycles. The van der Waals surface area contributed by atoms with Crippen LogP contribution >= 0.6 is 0 Å². The number of primary amides is 1. The standard InChI is InChI=1S/C10H14N2O2/c1-7(13)6-12-9-4-2-3-8(5-9)10(11)14/h2-5,7,12-13H,6H2,1H3,(H2,11,14)/t7-/m0/s1. The van der Waals surface area contributed by atoms with E-state index in [9.17, 15) is 4.79 Å². The Morgan fingerprint density at radius 2 is 2.36 bits per heavy atom. The summed E-state index contributed by atoms with van der Waals surface area (Å²) in [5, 5.41) is 12.0. The molecule has 4 heteroatoms. The molecular formula is C10H14N2O2. The van der Waals surface area contributed by atoms with Crippen molar-refractivity contribution in [1.82, 2.24) is 0 Å². The van der Waals surface area contributed by atoms with E-state index in [4.69, 9.17) is 10.8 Å². The van der Waals surface area contributed by atoms with E-state index in [-0.39, 0.29) is 0 Å². The Hall–Kier alpha value is -1.55. The van der Waals surface area contributed by atoms with Gasteiger partial charge in [-0.3, -0.25) is 4.79 Å². The number of aliphatic hydroxyl groups excluding tert-OH is 1. The van der Waals surface area contributed by atoms with Gasteiger partial charge in [0.2, 0.25) is 5.91 Å². The fourth-order valence-corrected chi connectivity index (χ4v) is 1.05. The molecule has 0 bridgehead atoms. The van der Waals surface area contributed by atoms with Gasteiger partial charge in [0.1, 0.15) is 0 Å². The quantitative estimate of drug-likeness (QED) is 0.656. The van der Waals surface area contributed by atoms with E-state index in [0.717, 1.165) is 5.69 Å². The van der Waals surface area contributed by atoms with Crippen LogP contribution in [0.3, 0.4) is 0 Å². The van der Waals surface area contributed by atoms with E-state index in [2.05, 4.69) is 5.32 Å². The summed E-state index contributed by atoms with van der Waals surface area (Å²) >= 11 is 0. The maximum absolute atomic E-state index is 10.8. The van der Waals surface area contributed by atoms with Crippen molar-refractivity contribution >= 4 is 11.6 Å². The summed E-state index contributed by atoms with van der Waals surface area (Å²) in [5.41, 5.74) is 6.36. The minimum atomic E-state index is -0.453. The van der Waals surface area contributed by atoms with Gasteiger partial charge in [0.15, 0.2) is 0 Å². The van der Waals surface area contributed by atoms with Gasteiger partial charge in [-0.15, -0.1) is 0 Å². The summed E-state index contributed by atoms with van der Waals surface area (Å²) in [6.07, 6.45) is -0.424. The monoisotopic (exact) mass is 194 g/mol. The first-order valence-corrected chi connectivity index (χ1v) is 4.41. The Morgan fingerprint density at radius 1 is 1.64 bits per heavy atom. The third kappa shape index (κ3) is 3.06. The van der Waals surface area contributed by atoms with Crippen LogP contribution in [0.25, 0.3) is 0 Å². The molecule has 0 aliphatic carbocycles. The van der Waals surface area contributed by atoms with Crippen molar-refractivity contribution < 1.29 is 9.90 Å². The number of rotatable bonds is 4. The van der Waals surface area contributed by atoms with Gasteiger partial charge in [0.25, 0.3) is 0 Å². The molecule has 0 aliphatic rings. The van der Waals surface area contributed by atoms with Gasteiger partial charge in [-0.25, -0.2) is 0 Å². The molecule has 0 aliphatic heterocycles. The smallest absolute Gasteiger partial charge is 0.248 e. The predicted octanol–water partition coefficient (Wildman–Crippen LogP) is 0.578. The van der Waals surface area contributed by atoms with Gasteiger partial charge < -0.3 is 16.2 Å². The largest absolute Gasteiger partial charge is 0.392 e. The van der Waals surface area contributed by atoms with Gasteiger partial charge in [-0.2, -0.15) is 0 Å². The van der Waals surface area contributed by atoms with Gasteiger partial charge >= 0.3 is 0 Å². The first-order valence-electron chi connectivity index (χ1n) is 4.41. The normalized spacial score (nSPS) is 12.1. The molecule has 0 saturated carbocycles. The van der Waals surface area contributed by atoms with E-state index in [1.165, 1.54) is 0 Å². The molecule has 76 valence electrons. The number of carbonyl (C=O) groups excluding carboxylic acids is 1. The predicted molar refractivity (Wildman–Crippen MR) is 55.1 cm³/mol. The Kier molecular flexibility index (Phi) is 3.48. The first-order chi connectivity index (χ1) is 6.59. The number of hydrogen-bond donors (Lipinski definition) is 3. The van der Waals surface area contributed by atoms with Gasteiger partial charge in [0.05, 0.1) is 6.10 Å². The Balaban J connectivity index is 2.69. The summed E-state index contributed by atoms with van der Waals surface area (Å²) in [6.45, 7) is 2.13. The highest BCUT2D eigenvalue weighted by Gasteiger charge is 2.01. The van der Waals surface area contributed by atoms with Crippen LogP contribution in [0.15, 0.2) is 24.3 Å². The highest BCUT2D eigenvalue weighted by molar-refractivity contribution is 5.93. The minimum absolute atomic E-state index is 0.424. The summed E-state index contributed by atoms with van der Waals surface area (Å²) < 4.78 is 0. The van der Waals surface area contributed by atoms with Gasteiger partial charge in [-0.1, -0.05) is 6.07 Å². The molecule has 14 heavy (non-hydrogen) atoms. The molecule has 0 aromatic heterocycles. The summed E-state index contributed by atoms with van der Waals surface area (Å²) in [7, 11) is 0. The van der Waals surface area contributed by atoms with Crippen molar-refractivity contribution in [2.75, 3.05) is 11.9 Å². The zero-order valence-electron chi connectivity index (χ0n) is 8.03. The lowest BCUT2D eigenvalue weighted by atomic mass is 10.2. The second kappa shape index (κ2) is 4.62. The first kappa shape index (κ1) is 10.5. The number of hydrogen-bond acceptors (Lipinski definition) is 3.